The molecule has 1 fully saturated rings. The number of nitrogens with one attached hydrogen (secondary N) is 2. The zero-order valence-corrected chi connectivity index (χ0v) is 18.9. The lowest BCUT2D eigenvalue weighted by atomic mass is 10.2. The molecule has 3 heterocycles. The lowest BCUT2D eigenvalue weighted by molar-refractivity contribution is -0.119. The third-order valence-corrected chi connectivity index (χ3v) is 5.65. The molecule has 0 radical (unpaired) electrons. The number of carbonyl (C=O) groups excluding carboxylic acids is 2. The number of amides is 2. The van der Waals surface area contributed by atoms with Crippen LogP contribution in [0.1, 0.15) is 25.0 Å². The van der Waals surface area contributed by atoms with E-state index in [2.05, 4.69) is 30.9 Å². The fraction of sp³-hybridized carbons (Fsp3) is 0.333. The molecular formula is C21H20F4N8O3. The second-order valence-corrected chi connectivity index (χ2v) is 8.19. The molecule has 36 heavy (non-hydrogen) atoms. The van der Waals surface area contributed by atoms with Crippen LogP contribution >= 0.6 is 0 Å². The lowest BCUT2D eigenvalue weighted by Crippen LogP contribution is -2.41. The van der Waals surface area contributed by atoms with E-state index in [9.17, 15) is 27.2 Å². The van der Waals surface area contributed by atoms with Gasteiger partial charge in [-0.15, -0.1) is 5.10 Å². The lowest BCUT2D eigenvalue weighted by Gasteiger charge is -2.15. The van der Waals surface area contributed by atoms with E-state index in [1.807, 2.05) is 0 Å². The minimum atomic E-state index is -2.69. The monoisotopic (exact) mass is 508 g/mol. The number of nitrogens with zero attached hydrogens (tertiary/aromatic N) is 5. The van der Waals surface area contributed by atoms with Crippen molar-refractivity contribution in [1.82, 2.24) is 25.0 Å². The Kier molecular flexibility index (Phi) is 6.58. The molecule has 2 amide bonds. The van der Waals surface area contributed by atoms with Crippen LogP contribution in [-0.4, -0.2) is 48.9 Å². The smallest absolute Gasteiger partial charge is 0.413 e. The van der Waals surface area contributed by atoms with Gasteiger partial charge in [0.2, 0.25) is 18.3 Å². The van der Waals surface area contributed by atoms with Gasteiger partial charge in [0.25, 0.3) is 0 Å². The van der Waals surface area contributed by atoms with E-state index in [-0.39, 0.29) is 34.9 Å². The molecule has 4 N–H and O–H groups in total. The summed E-state index contributed by atoms with van der Waals surface area (Å²) in [5.41, 5.74) is 4.44. The SMILES string of the molecule is C[C@@H](OC(=O)Nc1c(-c2ccc(NC(=O)[C@]3(N)C[C@H]3C(F)F)cn2)nnn1C)c1cc(F)cnc1F. The van der Waals surface area contributed by atoms with E-state index in [0.717, 1.165) is 6.07 Å². The Labute approximate surface area is 201 Å². The molecule has 0 saturated heterocycles. The standard InChI is InChI=1S/C21H20F4N8O3/c1-9(12-5-10(22)7-28-17(12)25)36-20(35)30-18-15(31-32-33(18)2)14-4-3-11(8-27-14)29-19(34)21(26)6-13(21)16(23)24/h3-5,7-9,13,16H,6,26H2,1-2H3,(H,29,34)(H,30,35)/t9-,13+,21+/m1/s1. The summed E-state index contributed by atoms with van der Waals surface area (Å²) in [6.07, 6.45) is -3.03. The van der Waals surface area contributed by atoms with Crippen LogP contribution in [0.15, 0.2) is 30.6 Å². The van der Waals surface area contributed by atoms with Gasteiger partial charge in [-0.25, -0.2) is 27.6 Å². The zero-order chi connectivity index (χ0) is 26.2. The Morgan fingerprint density at radius 1 is 1.22 bits per heavy atom. The number of halogens is 4. The molecule has 1 aliphatic rings. The van der Waals surface area contributed by atoms with E-state index in [0.29, 0.717) is 6.20 Å². The summed E-state index contributed by atoms with van der Waals surface area (Å²) < 4.78 is 59.2. The maximum Gasteiger partial charge on any atom is 0.413 e. The van der Waals surface area contributed by atoms with E-state index in [1.165, 1.54) is 37.0 Å². The third kappa shape index (κ3) is 4.95. The van der Waals surface area contributed by atoms with Gasteiger partial charge in [-0.05, 0) is 31.5 Å². The highest BCUT2D eigenvalue weighted by Gasteiger charge is 2.61. The summed E-state index contributed by atoms with van der Waals surface area (Å²) in [6, 6.07) is 3.76. The molecule has 0 aliphatic heterocycles. The number of hydrogen-bond acceptors (Lipinski definition) is 8. The Morgan fingerprint density at radius 2 is 1.97 bits per heavy atom. The van der Waals surface area contributed by atoms with Gasteiger partial charge in [-0.1, -0.05) is 5.21 Å². The van der Waals surface area contributed by atoms with Crippen LogP contribution in [0.3, 0.4) is 0 Å². The first-order valence-corrected chi connectivity index (χ1v) is 10.5. The molecule has 11 nitrogen and oxygen atoms in total. The molecule has 0 aromatic carbocycles. The highest BCUT2D eigenvalue weighted by Crippen LogP contribution is 2.46. The van der Waals surface area contributed by atoms with Crippen molar-refractivity contribution in [3.05, 3.63) is 47.9 Å². The molecule has 0 bridgehead atoms. The average molecular weight is 508 g/mol. The molecule has 0 spiro atoms. The van der Waals surface area contributed by atoms with Crippen molar-refractivity contribution in [2.24, 2.45) is 18.7 Å². The summed E-state index contributed by atoms with van der Waals surface area (Å²) in [7, 11) is 1.48. The molecule has 0 unspecified atom stereocenters. The molecule has 190 valence electrons. The van der Waals surface area contributed by atoms with Crippen molar-refractivity contribution in [1.29, 1.82) is 0 Å². The maximum absolute atomic E-state index is 13.8. The van der Waals surface area contributed by atoms with Crippen LogP contribution in [-0.2, 0) is 16.6 Å². The zero-order valence-electron chi connectivity index (χ0n) is 18.9. The largest absolute Gasteiger partial charge is 0.441 e. The minimum Gasteiger partial charge on any atom is -0.441 e. The number of rotatable bonds is 7. The van der Waals surface area contributed by atoms with Gasteiger partial charge in [0.1, 0.15) is 17.5 Å². The van der Waals surface area contributed by atoms with Crippen molar-refractivity contribution < 1.29 is 31.9 Å². The fourth-order valence-corrected chi connectivity index (χ4v) is 3.48. The second kappa shape index (κ2) is 9.49. The number of aromatic nitrogens is 5. The first-order chi connectivity index (χ1) is 17.0. The maximum atomic E-state index is 13.8. The van der Waals surface area contributed by atoms with Crippen LogP contribution in [0, 0.1) is 17.7 Å². The van der Waals surface area contributed by atoms with Crippen molar-refractivity contribution >= 4 is 23.5 Å². The Balaban J connectivity index is 1.43. The first kappa shape index (κ1) is 25.0. The normalized spacial score (nSPS) is 19.6. The van der Waals surface area contributed by atoms with E-state index in [4.69, 9.17) is 10.5 Å². The molecule has 3 aromatic heterocycles. The molecule has 3 aromatic rings. The highest BCUT2D eigenvalue weighted by atomic mass is 19.3. The average Bonchev–Trinajstić information content (AvgIpc) is 3.42. The number of aryl methyl sites for hydroxylation is 1. The Bertz CT molecular complexity index is 1300. The third-order valence-electron chi connectivity index (χ3n) is 5.65. The number of carbonyl (C=O) groups is 2. The van der Waals surface area contributed by atoms with Gasteiger partial charge in [0, 0.05) is 13.0 Å². The Morgan fingerprint density at radius 3 is 2.61 bits per heavy atom. The van der Waals surface area contributed by atoms with Gasteiger partial charge in [-0.3, -0.25) is 15.1 Å². The fourth-order valence-electron chi connectivity index (χ4n) is 3.48. The van der Waals surface area contributed by atoms with Crippen LogP contribution < -0.4 is 16.4 Å². The molecular weight excluding hydrogens is 488 g/mol. The topological polar surface area (TPSA) is 150 Å². The van der Waals surface area contributed by atoms with Gasteiger partial charge in [-0.2, -0.15) is 4.39 Å². The number of ether oxygens (including phenoxy) is 1. The van der Waals surface area contributed by atoms with Gasteiger partial charge >= 0.3 is 6.09 Å². The summed E-state index contributed by atoms with van der Waals surface area (Å²) in [6.45, 7) is 1.34. The molecule has 1 saturated carbocycles. The van der Waals surface area contributed by atoms with E-state index >= 15 is 0 Å². The molecule has 1 aliphatic carbocycles. The molecule has 4 rings (SSSR count). The summed E-state index contributed by atoms with van der Waals surface area (Å²) in [5, 5.41) is 12.6. The summed E-state index contributed by atoms with van der Waals surface area (Å²) in [5.74, 6) is -3.64. The molecule has 15 heteroatoms. The van der Waals surface area contributed by atoms with Gasteiger partial charge in [0.05, 0.1) is 29.3 Å². The number of anilines is 2. The van der Waals surface area contributed by atoms with Gasteiger partial charge < -0.3 is 15.8 Å². The number of alkyl halides is 2. The first-order valence-electron chi connectivity index (χ1n) is 10.5. The number of nitrogens with two attached hydrogens (primary N) is 1. The van der Waals surface area contributed by atoms with Crippen LogP contribution in [0.25, 0.3) is 11.4 Å². The van der Waals surface area contributed by atoms with Crippen molar-refractivity contribution in [3.8, 4) is 11.4 Å². The van der Waals surface area contributed by atoms with Crippen molar-refractivity contribution in [2.45, 2.75) is 31.4 Å². The number of pyridine rings is 2. The Hall–Kier alpha value is -4.14. The predicted octanol–water partition coefficient (Wildman–Crippen LogP) is 2.78. The van der Waals surface area contributed by atoms with Crippen molar-refractivity contribution in [3.63, 3.8) is 0 Å². The van der Waals surface area contributed by atoms with E-state index in [1.54, 1.807) is 0 Å². The van der Waals surface area contributed by atoms with Crippen LogP contribution in [0.2, 0.25) is 0 Å². The summed E-state index contributed by atoms with van der Waals surface area (Å²) >= 11 is 0. The van der Waals surface area contributed by atoms with Crippen LogP contribution in [0.5, 0.6) is 0 Å². The minimum absolute atomic E-state index is 0.0768. The predicted molar refractivity (Wildman–Crippen MR) is 117 cm³/mol. The highest BCUT2D eigenvalue weighted by molar-refractivity contribution is 6.00. The second-order valence-electron chi connectivity index (χ2n) is 8.19. The summed E-state index contributed by atoms with van der Waals surface area (Å²) in [4.78, 5) is 32.1. The van der Waals surface area contributed by atoms with Gasteiger partial charge in [0.15, 0.2) is 11.5 Å². The quantitative estimate of drug-likeness (QED) is 0.326. The van der Waals surface area contributed by atoms with Crippen LogP contribution in [0.4, 0.5) is 33.9 Å². The number of hydrogen-bond donors (Lipinski definition) is 3. The molecule has 3 atom stereocenters. The van der Waals surface area contributed by atoms with Crippen molar-refractivity contribution in [2.75, 3.05) is 10.6 Å². The van der Waals surface area contributed by atoms with E-state index < -0.39 is 47.8 Å².